The van der Waals surface area contributed by atoms with Crippen LogP contribution in [0.15, 0.2) is 72.8 Å². The number of benzene rings is 3. The third-order valence-corrected chi connectivity index (χ3v) is 5.99. The van der Waals surface area contributed by atoms with Gasteiger partial charge in [-0.05, 0) is 49.4 Å². The molecule has 8 nitrogen and oxygen atoms in total. The van der Waals surface area contributed by atoms with Crippen molar-refractivity contribution in [2.75, 3.05) is 4.90 Å². The van der Waals surface area contributed by atoms with Gasteiger partial charge in [0.05, 0.1) is 11.0 Å². The van der Waals surface area contributed by atoms with E-state index in [0.29, 0.717) is 17.0 Å². The van der Waals surface area contributed by atoms with Gasteiger partial charge in [-0.1, -0.05) is 18.2 Å². The van der Waals surface area contributed by atoms with Crippen LogP contribution in [0, 0.1) is 15.9 Å². The molecule has 0 N–H and O–H groups in total. The number of hydrogen-bond donors (Lipinski definition) is 0. The van der Waals surface area contributed by atoms with Gasteiger partial charge < -0.3 is 4.74 Å². The zero-order valence-corrected chi connectivity index (χ0v) is 17.5. The molecule has 0 saturated carbocycles. The highest BCUT2D eigenvalue weighted by atomic mass is 19.1. The summed E-state index contributed by atoms with van der Waals surface area (Å²) in [5.41, 5.74) is -0.0604. The molecular weight excluding hydrogens is 429 g/mol. The van der Waals surface area contributed by atoms with E-state index >= 15 is 0 Å². The molecule has 5 rings (SSSR count). The standard InChI is InChI=1S/C24H18FN3O5/c1-24-14-20(19-4-2-3-5-21(19)33-24)26(22(29)15-6-10-18(11-7-15)28(31)32)23(30)27(24)17-12-8-16(25)9-13-17/h2-13,20H,14H2,1H3/t20-,24-/m0/s1. The van der Waals surface area contributed by atoms with E-state index in [1.54, 1.807) is 31.2 Å². The Balaban J connectivity index is 1.63. The van der Waals surface area contributed by atoms with E-state index in [1.165, 1.54) is 53.4 Å². The Hall–Kier alpha value is -4.27. The molecule has 3 amide bonds. The van der Waals surface area contributed by atoms with Gasteiger partial charge in [-0.3, -0.25) is 24.7 Å². The van der Waals surface area contributed by atoms with Gasteiger partial charge in [0.1, 0.15) is 11.6 Å². The lowest BCUT2D eigenvalue weighted by Crippen LogP contribution is -2.67. The molecule has 1 fully saturated rings. The maximum Gasteiger partial charge on any atom is 0.335 e. The predicted octanol–water partition coefficient (Wildman–Crippen LogP) is 5.06. The van der Waals surface area contributed by atoms with Crippen LogP contribution in [0.3, 0.4) is 0 Å². The number of non-ortho nitro benzene ring substituents is 1. The Labute approximate surface area is 187 Å². The van der Waals surface area contributed by atoms with E-state index in [2.05, 4.69) is 0 Å². The highest BCUT2D eigenvalue weighted by molar-refractivity contribution is 6.10. The molecule has 0 spiro atoms. The summed E-state index contributed by atoms with van der Waals surface area (Å²) >= 11 is 0. The average Bonchev–Trinajstić information content (AvgIpc) is 2.80. The lowest BCUT2D eigenvalue weighted by Gasteiger charge is -2.53. The van der Waals surface area contributed by atoms with Crippen molar-refractivity contribution in [3.8, 4) is 5.75 Å². The van der Waals surface area contributed by atoms with Crippen LogP contribution in [0.4, 0.5) is 20.6 Å². The minimum Gasteiger partial charge on any atom is -0.467 e. The van der Waals surface area contributed by atoms with Gasteiger partial charge in [0.25, 0.3) is 11.6 Å². The number of hydrogen-bond acceptors (Lipinski definition) is 5. The molecule has 1 saturated heterocycles. The Morgan fingerprint density at radius 3 is 2.42 bits per heavy atom. The number of carbonyl (C=O) groups is 2. The Morgan fingerprint density at radius 1 is 1.09 bits per heavy atom. The molecular formula is C24H18FN3O5. The molecule has 166 valence electrons. The van der Waals surface area contributed by atoms with Crippen molar-refractivity contribution in [3.05, 3.63) is 99.9 Å². The van der Waals surface area contributed by atoms with Gasteiger partial charge in [0.15, 0.2) is 5.72 Å². The number of ether oxygens (including phenoxy) is 1. The van der Waals surface area contributed by atoms with Crippen LogP contribution in [0.5, 0.6) is 5.75 Å². The predicted molar refractivity (Wildman–Crippen MR) is 116 cm³/mol. The number of carbonyl (C=O) groups excluding carboxylic acids is 2. The molecule has 0 aliphatic carbocycles. The van der Waals surface area contributed by atoms with E-state index < -0.39 is 34.4 Å². The summed E-state index contributed by atoms with van der Waals surface area (Å²) in [7, 11) is 0. The van der Waals surface area contributed by atoms with Crippen LogP contribution in [-0.2, 0) is 0 Å². The number of urea groups is 1. The first kappa shape index (κ1) is 20.6. The largest absolute Gasteiger partial charge is 0.467 e. The molecule has 3 aromatic rings. The number of halogens is 1. The van der Waals surface area contributed by atoms with Crippen molar-refractivity contribution in [2.24, 2.45) is 0 Å². The highest BCUT2D eigenvalue weighted by Gasteiger charge is 2.55. The SMILES string of the molecule is C[C@@]12C[C@@H](c3ccccc3O1)N(C(=O)c1ccc([N+](=O)[O-])cc1)C(=O)N2c1ccc(F)cc1. The summed E-state index contributed by atoms with van der Waals surface area (Å²) in [6.45, 7) is 1.75. The van der Waals surface area contributed by atoms with Crippen LogP contribution in [0.2, 0.25) is 0 Å². The summed E-state index contributed by atoms with van der Waals surface area (Å²) < 4.78 is 19.8. The highest BCUT2D eigenvalue weighted by Crippen LogP contribution is 2.49. The second kappa shape index (κ2) is 7.40. The first-order chi connectivity index (χ1) is 15.8. The lowest BCUT2D eigenvalue weighted by atomic mass is 9.88. The summed E-state index contributed by atoms with van der Waals surface area (Å²) in [5, 5.41) is 11.0. The molecule has 2 atom stereocenters. The fraction of sp³-hybridized carbons (Fsp3) is 0.167. The van der Waals surface area contributed by atoms with E-state index in [-0.39, 0.29) is 17.7 Å². The number of nitrogens with zero attached hydrogens (tertiary/aromatic N) is 3. The zero-order chi connectivity index (χ0) is 23.3. The Morgan fingerprint density at radius 2 is 1.76 bits per heavy atom. The van der Waals surface area contributed by atoms with Crippen LogP contribution in [0.25, 0.3) is 0 Å². The zero-order valence-electron chi connectivity index (χ0n) is 17.5. The molecule has 0 radical (unpaired) electrons. The first-order valence-corrected chi connectivity index (χ1v) is 10.2. The van der Waals surface area contributed by atoms with E-state index in [9.17, 15) is 24.1 Å². The second-order valence-corrected chi connectivity index (χ2v) is 8.11. The summed E-state index contributed by atoms with van der Waals surface area (Å²) in [6, 6.07) is 16.4. The molecule has 9 heteroatoms. The normalized spacial score (nSPS) is 21.3. The van der Waals surface area contributed by atoms with Gasteiger partial charge in [-0.15, -0.1) is 0 Å². The van der Waals surface area contributed by atoms with Gasteiger partial charge >= 0.3 is 6.03 Å². The molecule has 2 heterocycles. The molecule has 2 aliphatic heterocycles. The van der Waals surface area contributed by atoms with Gasteiger partial charge in [0, 0.05) is 35.4 Å². The van der Waals surface area contributed by atoms with Crippen molar-refractivity contribution in [1.29, 1.82) is 0 Å². The quantitative estimate of drug-likeness (QED) is 0.413. The van der Waals surface area contributed by atoms with Crippen LogP contribution >= 0.6 is 0 Å². The van der Waals surface area contributed by atoms with Crippen molar-refractivity contribution >= 4 is 23.3 Å². The van der Waals surface area contributed by atoms with Crippen molar-refractivity contribution in [3.63, 3.8) is 0 Å². The number of nitro groups is 1. The number of fused-ring (bicyclic) bond motifs is 4. The van der Waals surface area contributed by atoms with Crippen molar-refractivity contribution in [2.45, 2.75) is 25.1 Å². The number of para-hydroxylation sites is 1. The maximum absolute atomic E-state index is 13.8. The minimum absolute atomic E-state index is 0.139. The summed E-state index contributed by atoms with van der Waals surface area (Å²) in [4.78, 5) is 40.2. The van der Waals surface area contributed by atoms with Gasteiger partial charge in [0.2, 0.25) is 0 Å². The second-order valence-electron chi connectivity index (χ2n) is 8.11. The van der Waals surface area contributed by atoms with Gasteiger partial charge in [-0.2, -0.15) is 0 Å². The smallest absolute Gasteiger partial charge is 0.335 e. The topological polar surface area (TPSA) is 93.0 Å². The molecule has 0 unspecified atom stereocenters. The first-order valence-electron chi connectivity index (χ1n) is 10.2. The maximum atomic E-state index is 13.8. The number of anilines is 1. The van der Waals surface area contributed by atoms with Crippen molar-refractivity contribution < 1.29 is 23.6 Å². The van der Waals surface area contributed by atoms with Crippen LogP contribution in [-0.4, -0.2) is 27.5 Å². The number of rotatable bonds is 3. The van der Waals surface area contributed by atoms with E-state index in [0.717, 1.165) is 4.90 Å². The Bertz CT molecular complexity index is 1280. The molecule has 2 bridgehead atoms. The molecule has 2 aliphatic rings. The van der Waals surface area contributed by atoms with Crippen molar-refractivity contribution in [1.82, 2.24) is 4.90 Å². The third-order valence-electron chi connectivity index (χ3n) is 5.99. The van der Waals surface area contributed by atoms with E-state index in [1.807, 2.05) is 0 Å². The van der Waals surface area contributed by atoms with Gasteiger partial charge in [-0.25, -0.2) is 9.18 Å². The third kappa shape index (κ3) is 3.29. The Kier molecular flexibility index (Phi) is 4.63. The lowest BCUT2D eigenvalue weighted by molar-refractivity contribution is -0.384. The number of amides is 3. The monoisotopic (exact) mass is 447 g/mol. The van der Waals surface area contributed by atoms with Crippen LogP contribution in [0.1, 0.15) is 35.3 Å². The minimum atomic E-state index is -1.11. The molecule has 33 heavy (non-hydrogen) atoms. The average molecular weight is 447 g/mol. The van der Waals surface area contributed by atoms with E-state index in [4.69, 9.17) is 4.74 Å². The summed E-state index contributed by atoms with van der Waals surface area (Å²) in [6.07, 6.45) is 0.284. The fourth-order valence-corrected chi connectivity index (χ4v) is 4.47. The fourth-order valence-electron chi connectivity index (χ4n) is 4.47. The molecule has 0 aromatic heterocycles. The summed E-state index contributed by atoms with van der Waals surface area (Å²) in [5.74, 6) is -0.511. The number of imide groups is 1. The number of nitro benzene ring substituents is 1. The molecule has 3 aromatic carbocycles. The van der Waals surface area contributed by atoms with Crippen LogP contribution < -0.4 is 9.64 Å².